The Morgan fingerprint density at radius 1 is 1.10 bits per heavy atom. The van der Waals surface area contributed by atoms with E-state index >= 15 is 4.39 Å². The van der Waals surface area contributed by atoms with Crippen LogP contribution in [0, 0.1) is 23.6 Å². The third kappa shape index (κ3) is 4.54. The minimum Gasteiger partial charge on any atom is -0.508 e. The van der Waals surface area contributed by atoms with Gasteiger partial charge in [-0.3, -0.25) is 9.30 Å². The topological polar surface area (TPSA) is 100 Å². The number of aromatic nitrogens is 4. The van der Waals surface area contributed by atoms with Crippen molar-refractivity contribution < 1.29 is 19.0 Å². The minimum absolute atomic E-state index is 0.0492. The van der Waals surface area contributed by atoms with Gasteiger partial charge in [0.1, 0.15) is 22.7 Å². The molecule has 2 aromatic carbocycles. The number of hydrogen-bond donors (Lipinski definition) is 2. The lowest BCUT2D eigenvalue weighted by Crippen LogP contribution is -2.51. The van der Waals surface area contributed by atoms with Gasteiger partial charge in [0.05, 0.1) is 30.4 Å². The number of pyridine rings is 1. The number of ether oxygens (including phenoxy) is 2. The van der Waals surface area contributed by atoms with Crippen LogP contribution in [0.2, 0.25) is 0 Å². The van der Waals surface area contributed by atoms with E-state index in [-0.39, 0.29) is 16.7 Å². The molecule has 0 spiro atoms. The Morgan fingerprint density at radius 3 is 2.71 bits per heavy atom. The van der Waals surface area contributed by atoms with Crippen LogP contribution in [0.5, 0.6) is 11.8 Å². The van der Waals surface area contributed by atoms with E-state index in [4.69, 9.17) is 30.8 Å². The summed E-state index contributed by atoms with van der Waals surface area (Å²) in [4.78, 5) is 19.9. The SMILES string of the molecule is C#Cc1c(F)ccc2cc(O)cc(-c3cc4nc(OCC5(CN6C[C@@H]7C[C@H]6CO7)CC5)nc(N5C[C@H]6CC[C@@H](C5)N6)c4n4ccnc34)c12. The molecular weight excluding hydrogens is 609 g/mol. The van der Waals surface area contributed by atoms with Crippen LogP contribution in [0.1, 0.15) is 37.7 Å². The minimum atomic E-state index is -0.492. The lowest BCUT2D eigenvalue weighted by Gasteiger charge is -2.34. The Labute approximate surface area is 276 Å². The number of piperazine rings is 1. The van der Waals surface area contributed by atoms with Gasteiger partial charge in [-0.05, 0) is 67.3 Å². The van der Waals surface area contributed by atoms with Crippen LogP contribution in [-0.2, 0) is 4.74 Å². The summed E-state index contributed by atoms with van der Waals surface area (Å²) in [6, 6.07) is 9.83. The number of aromatic hydroxyl groups is 1. The molecule has 1 saturated carbocycles. The van der Waals surface area contributed by atoms with E-state index in [1.807, 2.05) is 16.7 Å². The van der Waals surface area contributed by atoms with Crippen molar-refractivity contribution >= 4 is 33.3 Å². The van der Waals surface area contributed by atoms with Crippen molar-refractivity contribution in [1.29, 1.82) is 0 Å². The van der Waals surface area contributed by atoms with Crippen molar-refractivity contribution in [3.05, 3.63) is 54.1 Å². The van der Waals surface area contributed by atoms with E-state index in [2.05, 4.69) is 21.0 Å². The Balaban J connectivity index is 1.11. The van der Waals surface area contributed by atoms with Crippen molar-refractivity contribution in [2.24, 2.45) is 5.41 Å². The first-order chi connectivity index (χ1) is 23.4. The van der Waals surface area contributed by atoms with Gasteiger partial charge in [0.15, 0.2) is 5.82 Å². The maximum absolute atomic E-state index is 15.1. The van der Waals surface area contributed by atoms with Crippen LogP contribution >= 0.6 is 0 Å². The van der Waals surface area contributed by atoms with Crippen molar-refractivity contribution in [1.82, 2.24) is 29.6 Å². The number of rotatable bonds is 7. The van der Waals surface area contributed by atoms with E-state index in [0.29, 0.717) is 69.9 Å². The van der Waals surface area contributed by atoms with Crippen molar-refractivity contribution in [2.75, 3.05) is 44.3 Å². The standard InChI is InChI=1S/C37H36FN7O3/c1-2-27-30(38)6-3-21-11-25(46)13-28(32(21)27)29-14-31-33(45-10-9-39-34(29)45)35(43-15-22-4-5-23(16-43)40-22)42-36(41-31)48-20-37(7-8-37)19-44-17-26-12-24(44)18-47-26/h1,3,6,9-11,13-14,22-24,26,40,46H,4-5,7-8,12,15-20H2/t22-,23+,24-,26-/m0/s1. The number of phenols is 1. The van der Waals surface area contributed by atoms with Crippen LogP contribution in [0.15, 0.2) is 42.7 Å². The van der Waals surface area contributed by atoms with Gasteiger partial charge in [0.2, 0.25) is 0 Å². The summed E-state index contributed by atoms with van der Waals surface area (Å²) < 4.78 is 29.5. The quantitative estimate of drug-likeness (QED) is 0.248. The number of halogens is 1. The smallest absolute Gasteiger partial charge is 0.319 e. The van der Waals surface area contributed by atoms with Gasteiger partial charge in [0.25, 0.3) is 0 Å². The molecular formula is C37H36FN7O3. The highest BCUT2D eigenvalue weighted by Gasteiger charge is 2.49. The summed E-state index contributed by atoms with van der Waals surface area (Å²) in [7, 11) is 0. The van der Waals surface area contributed by atoms with Crippen molar-refractivity contribution in [3.63, 3.8) is 0 Å². The molecule has 7 heterocycles. The second kappa shape index (κ2) is 10.5. The van der Waals surface area contributed by atoms with Crippen LogP contribution in [0.3, 0.4) is 0 Å². The summed E-state index contributed by atoms with van der Waals surface area (Å²) >= 11 is 0. The predicted octanol–water partition coefficient (Wildman–Crippen LogP) is 4.50. The Morgan fingerprint density at radius 2 is 1.96 bits per heavy atom. The number of likely N-dealkylation sites (tertiary alicyclic amines) is 1. The fraction of sp³-hybridized carbons (Fsp3) is 0.432. The molecule has 10 rings (SSSR count). The molecule has 244 valence electrons. The fourth-order valence-electron chi connectivity index (χ4n) is 8.73. The van der Waals surface area contributed by atoms with Gasteiger partial charge in [-0.25, -0.2) is 9.37 Å². The summed E-state index contributed by atoms with van der Waals surface area (Å²) in [6.45, 7) is 5.09. The number of benzene rings is 2. The van der Waals surface area contributed by atoms with Gasteiger partial charge in [-0.15, -0.1) is 6.42 Å². The van der Waals surface area contributed by atoms with Crippen LogP contribution in [0.25, 0.3) is 38.6 Å². The number of terminal acetylenes is 1. The summed E-state index contributed by atoms with van der Waals surface area (Å²) in [5, 5.41) is 15.7. The number of hydrogen-bond acceptors (Lipinski definition) is 9. The molecule has 1 aliphatic carbocycles. The van der Waals surface area contributed by atoms with Gasteiger partial charge in [0, 0.05) is 73.1 Å². The second-order valence-electron chi connectivity index (χ2n) is 14.5. The molecule has 11 heteroatoms. The molecule has 10 nitrogen and oxygen atoms in total. The first-order valence-corrected chi connectivity index (χ1v) is 17.0. The molecule has 3 aromatic heterocycles. The third-order valence-electron chi connectivity index (χ3n) is 11.3. The van der Waals surface area contributed by atoms with Crippen LogP contribution < -0.4 is 15.0 Å². The Hall–Kier alpha value is -4.50. The zero-order valence-electron chi connectivity index (χ0n) is 26.5. The fourth-order valence-corrected chi connectivity index (χ4v) is 8.73. The lowest BCUT2D eigenvalue weighted by molar-refractivity contribution is 0.0176. The third-order valence-corrected chi connectivity index (χ3v) is 11.3. The summed E-state index contributed by atoms with van der Waals surface area (Å²) in [6.07, 6.45) is 15.5. The van der Waals surface area contributed by atoms with Gasteiger partial charge >= 0.3 is 6.01 Å². The molecule has 5 aliphatic rings. The maximum atomic E-state index is 15.1. The molecule has 4 bridgehead atoms. The zero-order valence-corrected chi connectivity index (χ0v) is 26.5. The molecule has 0 amide bonds. The molecule has 4 saturated heterocycles. The number of anilines is 1. The van der Waals surface area contributed by atoms with Gasteiger partial charge in [-0.2, -0.15) is 9.97 Å². The normalized spacial score (nSPS) is 25.8. The molecule has 2 N–H and O–H groups in total. The molecule has 4 aliphatic heterocycles. The molecule has 4 atom stereocenters. The molecule has 0 radical (unpaired) electrons. The van der Waals surface area contributed by atoms with Crippen LogP contribution in [-0.4, -0.2) is 93.0 Å². The first-order valence-electron chi connectivity index (χ1n) is 17.0. The first kappa shape index (κ1) is 28.5. The maximum Gasteiger partial charge on any atom is 0.319 e. The van der Waals surface area contributed by atoms with E-state index in [0.717, 1.165) is 76.2 Å². The number of phenolic OH excluding ortho intramolecular Hbond substituents is 1. The Bertz CT molecular complexity index is 2160. The highest BCUT2D eigenvalue weighted by atomic mass is 19.1. The zero-order chi connectivity index (χ0) is 32.1. The molecule has 5 aromatic rings. The summed E-state index contributed by atoms with van der Waals surface area (Å²) in [5.41, 5.74) is 3.66. The van der Waals surface area contributed by atoms with Gasteiger partial charge < -0.3 is 24.8 Å². The van der Waals surface area contributed by atoms with Gasteiger partial charge in [-0.1, -0.05) is 12.0 Å². The van der Waals surface area contributed by atoms with E-state index < -0.39 is 5.82 Å². The predicted molar refractivity (Wildman–Crippen MR) is 180 cm³/mol. The number of fused-ring (bicyclic) bond motifs is 8. The average Bonchev–Trinajstić information content (AvgIpc) is 3.51. The monoisotopic (exact) mass is 645 g/mol. The number of nitrogens with one attached hydrogen (secondary N) is 1. The highest BCUT2D eigenvalue weighted by Crippen LogP contribution is 2.48. The van der Waals surface area contributed by atoms with Crippen LogP contribution in [0.4, 0.5) is 10.2 Å². The van der Waals surface area contributed by atoms with E-state index in [1.54, 1.807) is 24.4 Å². The highest BCUT2D eigenvalue weighted by molar-refractivity contribution is 6.06. The number of nitrogens with zero attached hydrogens (tertiary/aromatic N) is 6. The van der Waals surface area contributed by atoms with Crippen molar-refractivity contribution in [2.45, 2.75) is 56.3 Å². The summed E-state index contributed by atoms with van der Waals surface area (Å²) in [5.74, 6) is 2.92. The lowest BCUT2D eigenvalue weighted by atomic mass is 9.94. The van der Waals surface area contributed by atoms with E-state index in [9.17, 15) is 5.11 Å². The number of imidazole rings is 1. The second-order valence-corrected chi connectivity index (χ2v) is 14.5. The number of morpholine rings is 1. The molecule has 48 heavy (non-hydrogen) atoms. The molecule has 0 unspecified atom stereocenters. The van der Waals surface area contributed by atoms with E-state index in [1.165, 1.54) is 6.07 Å². The Kier molecular flexibility index (Phi) is 6.23. The average molecular weight is 646 g/mol. The van der Waals surface area contributed by atoms with Crippen molar-refractivity contribution in [3.8, 4) is 35.2 Å². The largest absolute Gasteiger partial charge is 0.508 e. The molecule has 5 fully saturated rings.